The van der Waals surface area contributed by atoms with E-state index in [4.69, 9.17) is 15.7 Å². The summed E-state index contributed by atoms with van der Waals surface area (Å²) >= 11 is 0. The van der Waals surface area contributed by atoms with E-state index in [0.29, 0.717) is 18.2 Å². The van der Waals surface area contributed by atoms with E-state index in [1.54, 1.807) is 0 Å². The summed E-state index contributed by atoms with van der Waals surface area (Å²) in [4.78, 5) is 14.6. The van der Waals surface area contributed by atoms with E-state index in [1.807, 2.05) is 72.8 Å². The Morgan fingerprint density at radius 2 is 1.02 bits per heavy atom. The van der Waals surface area contributed by atoms with Crippen molar-refractivity contribution in [2.45, 2.75) is 6.54 Å². The number of nitrogens with two attached hydrogens (primary N) is 1. The molecule has 0 fully saturated rings. The molecule has 0 amide bonds. The highest BCUT2D eigenvalue weighted by atomic mass is 14.9. The van der Waals surface area contributed by atoms with Crippen LogP contribution in [0.25, 0.3) is 45.0 Å². The zero-order valence-electron chi connectivity index (χ0n) is 22.0. The summed E-state index contributed by atoms with van der Waals surface area (Å²) < 4.78 is 0. The van der Waals surface area contributed by atoms with Crippen LogP contribution in [0, 0.1) is 0 Å². The van der Waals surface area contributed by atoms with Crippen molar-refractivity contribution in [3.63, 3.8) is 0 Å². The van der Waals surface area contributed by atoms with Crippen molar-refractivity contribution in [2.75, 3.05) is 0 Å². The molecule has 6 rings (SSSR count). The largest absolute Gasteiger partial charge is 0.383 e. The van der Waals surface area contributed by atoms with Gasteiger partial charge in [0.05, 0.1) is 17.9 Å². The molecule has 0 atom stereocenters. The number of aliphatic imine (C=N–C) groups is 1. The first-order chi connectivity index (χ1) is 19.7. The highest BCUT2D eigenvalue weighted by Crippen LogP contribution is 2.30. The van der Waals surface area contributed by atoms with Crippen LogP contribution in [0.5, 0.6) is 0 Å². The lowest BCUT2D eigenvalue weighted by Gasteiger charge is -2.11. The minimum atomic E-state index is 0.501. The fourth-order valence-corrected chi connectivity index (χ4v) is 4.70. The van der Waals surface area contributed by atoms with Crippen LogP contribution in [-0.4, -0.2) is 15.8 Å². The SMILES string of the molecule is N/C(=N\Cc1ccccc1-c1ccc(-c2nc(-c3ccccc3)cc(-c3ccccc3)n2)cc1)c1ccccc1. The van der Waals surface area contributed by atoms with E-state index in [9.17, 15) is 0 Å². The van der Waals surface area contributed by atoms with E-state index in [2.05, 4.69) is 77.8 Å². The van der Waals surface area contributed by atoms with Gasteiger partial charge in [-0.25, -0.2) is 9.97 Å². The molecule has 0 radical (unpaired) electrons. The molecule has 0 aliphatic rings. The number of amidine groups is 1. The molecule has 2 N–H and O–H groups in total. The van der Waals surface area contributed by atoms with Crippen molar-refractivity contribution in [2.24, 2.45) is 10.7 Å². The van der Waals surface area contributed by atoms with Crippen LogP contribution in [0.3, 0.4) is 0 Å². The van der Waals surface area contributed by atoms with E-state index in [0.717, 1.165) is 50.3 Å². The van der Waals surface area contributed by atoms with Crippen LogP contribution in [0.1, 0.15) is 11.1 Å². The minimum Gasteiger partial charge on any atom is -0.383 e. The van der Waals surface area contributed by atoms with Gasteiger partial charge in [-0.1, -0.05) is 140 Å². The van der Waals surface area contributed by atoms with Crippen LogP contribution >= 0.6 is 0 Å². The summed E-state index contributed by atoms with van der Waals surface area (Å²) in [5.74, 6) is 1.23. The number of rotatable bonds is 7. The Bertz CT molecular complexity index is 1690. The Morgan fingerprint density at radius 1 is 0.525 bits per heavy atom. The van der Waals surface area contributed by atoms with Gasteiger partial charge in [-0.05, 0) is 22.8 Å². The first-order valence-corrected chi connectivity index (χ1v) is 13.3. The van der Waals surface area contributed by atoms with Crippen LogP contribution in [-0.2, 0) is 6.54 Å². The minimum absolute atomic E-state index is 0.501. The molecule has 4 heteroatoms. The summed E-state index contributed by atoms with van der Waals surface area (Å²) in [5, 5.41) is 0. The Labute approximate surface area is 234 Å². The van der Waals surface area contributed by atoms with Gasteiger partial charge in [0.25, 0.3) is 0 Å². The normalized spacial score (nSPS) is 11.3. The number of hydrogen-bond donors (Lipinski definition) is 1. The maximum absolute atomic E-state index is 6.26. The molecule has 0 bridgehead atoms. The second-order valence-corrected chi connectivity index (χ2v) is 9.50. The van der Waals surface area contributed by atoms with Gasteiger partial charge in [0.1, 0.15) is 5.84 Å². The fraction of sp³-hybridized carbons (Fsp3) is 0.0278. The Morgan fingerprint density at radius 3 is 1.62 bits per heavy atom. The first-order valence-electron chi connectivity index (χ1n) is 13.3. The Kier molecular flexibility index (Phi) is 7.23. The number of hydrogen-bond acceptors (Lipinski definition) is 3. The molecule has 0 aliphatic heterocycles. The fourth-order valence-electron chi connectivity index (χ4n) is 4.70. The third-order valence-electron chi connectivity index (χ3n) is 6.83. The topological polar surface area (TPSA) is 64.2 Å². The molecule has 5 aromatic carbocycles. The molecule has 0 spiro atoms. The summed E-state index contributed by atoms with van der Waals surface area (Å²) in [5.41, 5.74) is 15.4. The summed E-state index contributed by atoms with van der Waals surface area (Å²) in [6.45, 7) is 0.501. The van der Waals surface area contributed by atoms with Gasteiger partial charge >= 0.3 is 0 Å². The molecule has 4 nitrogen and oxygen atoms in total. The molecule has 6 aromatic rings. The van der Waals surface area contributed by atoms with Crippen LogP contribution < -0.4 is 5.73 Å². The quantitative estimate of drug-likeness (QED) is 0.172. The molecule has 0 unspecified atom stereocenters. The third-order valence-corrected chi connectivity index (χ3v) is 6.83. The van der Waals surface area contributed by atoms with Crippen molar-refractivity contribution < 1.29 is 0 Å². The zero-order chi connectivity index (χ0) is 27.1. The highest BCUT2D eigenvalue weighted by molar-refractivity contribution is 5.97. The zero-order valence-corrected chi connectivity index (χ0v) is 22.0. The van der Waals surface area contributed by atoms with Crippen LogP contribution in [0.4, 0.5) is 0 Å². The maximum Gasteiger partial charge on any atom is 0.160 e. The van der Waals surface area contributed by atoms with E-state index >= 15 is 0 Å². The van der Waals surface area contributed by atoms with Crippen molar-refractivity contribution >= 4 is 5.84 Å². The second-order valence-electron chi connectivity index (χ2n) is 9.50. The summed E-state index contributed by atoms with van der Waals surface area (Å²) in [6, 6.07) is 49.1. The average Bonchev–Trinajstić information content (AvgIpc) is 3.05. The Balaban J connectivity index is 1.33. The van der Waals surface area contributed by atoms with Gasteiger partial charge < -0.3 is 5.73 Å². The molecular formula is C36H28N4. The molecular weight excluding hydrogens is 488 g/mol. The first kappa shape index (κ1) is 25.0. The van der Waals surface area contributed by atoms with Crippen LogP contribution in [0.2, 0.25) is 0 Å². The average molecular weight is 517 g/mol. The smallest absolute Gasteiger partial charge is 0.160 e. The van der Waals surface area contributed by atoms with Crippen molar-refractivity contribution in [1.29, 1.82) is 0 Å². The second kappa shape index (κ2) is 11.6. The molecule has 0 aliphatic carbocycles. The molecule has 192 valence electrons. The summed E-state index contributed by atoms with van der Waals surface area (Å²) in [6.07, 6.45) is 0. The van der Waals surface area contributed by atoms with Gasteiger partial charge in [0, 0.05) is 22.3 Å². The summed E-state index contributed by atoms with van der Waals surface area (Å²) in [7, 11) is 0. The van der Waals surface area contributed by atoms with Gasteiger partial charge in [-0.2, -0.15) is 0 Å². The molecule has 0 saturated carbocycles. The highest BCUT2D eigenvalue weighted by Gasteiger charge is 2.12. The van der Waals surface area contributed by atoms with E-state index < -0.39 is 0 Å². The van der Waals surface area contributed by atoms with Gasteiger partial charge in [-0.3, -0.25) is 4.99 Å². The van der Waals surface area contributed by atoms with Crippen molar-refractivity contribution in [3.8, 4) is 45.0 Å². The number of aromatic nitrogens is 2. The van der Waals surface area contributed by atoms with Gasteiger partial charge in [-0.15, -0.1) is 0 Å². The lowest BCUT2D eigenvalue weighted by atomic mass is 9.98. The van der Waals surface area contributed by atoms with E-state index in [1.165, 1.54) is 0 Å². The predicted molar refractivity (Wildman–Crippen MR) is 165 cm³/mol. The van der Waals surface area contributed by atoms with Crippen molar-refractivity contribution in [1.82, 2.24) is 9.97 Å². The predicted octanol–water partition coefficient (Wildman–Crippen LogP) is 8.05. The molecule has 1 heterocycles. The number of benzene rings is 5. The third kappa shape index (κ3) is 5.57. The van der Waals surface area contributed by atoms with Crippen molar-refractivity contribution in [3.05, 3.63) is 157 Å². The monoisotopic (exact) mass is 516 g/mol. The molecule has 0 saturated heterocycles. The van der Waals surface area contributed by atoms with Gasteiger partial charge in [0.2, 0.25) is 0 Å². The Hall–Kier alpha value is -5.35. The lowest BCUT2D eigenvalue weighted by molar-refractivity contribution is 1.06. The van der Waals surface area contributed by atoms with Crippen LogP contribution in [0.15, 0.2) is 151 Å². The standard InChI is InChI=1S/C36H28N4/c37-35(29-16-8-3-9-17-29)38-25-31-18-10-11-19-32(31)26-20-22-30(23-21-26)36-39-33(27-12-4-1-5-13-27)24-34(40-36)28-14-6-2-7-15-28/h1-24H,25H2,(H2,37,38). The molecule has 1 aromatic heterocycles. The maximum atomic E-state index is 6.26. The number of nitrogens with zero attached hydrogens (tertiary/aromatic N) is 3. The lowest BCUT2D eigenvalue weighted by Crippen LogP contribution is -2.13. The molecule has 40 heavy (non-hydrogen) atoms. The van der Waals surface area contributed by atoms with E-state index in [-0.39, 0.29) is 0 Å². The van der Waals surface area contributed by atoms with Gasteiger partial charge in [0.15, 0.2) is 5.82 Å².